The highest BCUT2D eigenvalue weighted by Gasteiger charge is 2.12. The zero-order valence-corrected chi connectivity index (χ0v) is 10.1. The van der Waals surface area contributed by atoms with E-state index in [1.54, 1.807) is 6.07 Å². The standard InChI is InChI=1S/C14H18N2O/c1-12(10-16-8-3-2-4-9-16)14-7-5-6-13(11-17)15-14/h5-7,11H,1-4,8-10H2. The molecule has 0 aliphatic carbocycles. The van der Waals surface area contributed by atoms with Crippen LogP contribution < -0.4 is 0 Å². The summed E-state index contributed by atoms with van der Waals surface area (Å²) >= 11 is 0. The largest absolute Gasteiger partial charge is 0.299 e. The third kappa shape index (κ3) is 3.24. The number of carbonyl (C=O) groups excluding carboxylic acids is 1. The third-order valence-corrected chi connectivity index (χ3v) is 3.12. The van der Waals surface area contributed by atoms with E-state index in [9.17, 15) is 4.79 Å². The maximum atomic E-state index is 10.7. The Morgan fingerprint density at radius 1 is 1.35 bits per heavy atom. The van der Waals surface area contributed by atoms with Crippen LogP contribution in [-0.4, -0.2) is 35.8 Å². The number of carbonyl (C=O) groups is 1. The maximum absolute atomic E-state index is 10.7. The molecule has 0 saturated carbocycles. The molecule has 2 rings (SSSR count). The molecule has 1 aliphatic heterocycles. The van der Waals surface area contributed by atoms with Crippen LogP contribution in [0.2, 0.25) is 0 Å². The van der Waals surface area contributed by atoms with Crippen molar-refractivity contribution in [2.24, 2.45) is 0 Å². The first kappa shape index (κ1) is 12.0. The minimum Gasteiger partial charge on any atom is -0.299 e. The van der Waals surface area contributed by atoms with Crippen molar-refractivity contribution in [3.63, 3.8) is 0 Å². The Labute approximate surface area is 102 Å². The lowest BCUT2D eigenvalue weighted by Gasteiger charge is -2.26. The molecule has 0 atom stereocenters. The van der Waals surface area contributed by atoms with E-state index in [0.717, 1.165) is 37.2 Å². The molecule has 1 fully saturated rings. The Hall–Kier alpha value is -1.48. The fourth-order valence-electron chi connectivity index (χ4n) is 2.18. The summed E-state index contributed by atoms with van der Waals surface area (Å²) in [6.45, 7) is 7.22. The summed E-state index contributed by atoms with van der Waals surface area (Å²) < 4.78 is 0. The zero-order chi connectivity index (χ0) is 12.1. The average Bonchev–Trinajstić information content (AvgIpc) is 2.40. The van der Waals surface area contributed by atoms with Crippen molar-refractivity contribution < 1.29 is 4.79 Å². The predicted octanol–water partition coefficient (Wildman–Crippen LogP) is 2.39. The van der Waals surface area contributed by atoms with Crippen molar-refractivity contribution in [1.82, 2.24) is 9.88 Å². The second kappa shape index (κ2) is 5.73. The van der Waals surface area contributed by atoms with Crippen molar-refractivity contribution in [1.29, 1.82) is 0 Å². The van der Waals surface area contributed by atoms with Crippen LogP contribution in [0.3, 0.4) is 0 Å². The number of rotatable bonds is 4. The van der Waals surface area contributed by atoms with Crippen molar-refractivity contribution in [3.8, 4) is 0 Å². The summed E-state index contributed by atoms with van der Waals surface area (Å²) in [5.74, 6) is 0. The molecule has 0 radical (unpaired) electrons. The fraction of sp³-hybridized carbons (Fsp3) is 0.429. The van der Waals surface area contributed by atoms with Crippen molar-refractivity contribution in [2.75, 3.05) is 19.6 Å². The SMILES string of the molecule is C=C(CN1CCCCC1)c1cccc(C=O)n1. The number of piperidine rings is 1. The quantitative estimate of drug-likeness (QED) is 0.745. The molecule has 2 heterocycles. The lowest BCUT2D eigenvalue weighted by molar-refractivity contribution is 0.111. The molecule has 1 saturated heterocycles. The molecule has 0 amide bonds. The van der Waals surface area contributed by atoms with Gasteiger partial charge in [-0.25, -0.2) is 4.98 Å². The zero-order valence-electron chi connectivity index (χ0n) is 10.1. The molecule has 1 aliphatic rings. The van der Waals surface area contributed by atoms with Gasteiger partial charge in [0.05, 0.1) is 5.69 Å². The van der Waals surface area contributed by atoms with Crippen LogP contribution in [0.1, 0.15) is 35.4 Å². The second-order valence-electron chi connectivity index (χ2n) is 4.51. The van der Waals surface area contributed by atoms with Gasteiger partial charge in [-0.3, -0.25) is 9.69 Å². The minimum absolute atomic E-state index is 0.474. The Bertz CT molecular complexity index is 408. The van der Waals surface area contributed by atoms with Gasteiger partial charge in [-0.05, 0) is 43.6 Å². The molecule has 0 spiro atoms. The monoisotopic (exact) mass is 230 g/mol. The summed E-state index contributed by atoms with van der Waals surface area (Å²) in [5, 5.41) is 0. The van der Waals surface area contributed by atoms with Gasteiger partial charge < -0.3 is 0 Å². The molecule has 0 unspecified atom stereocenters. The smallest absolute Gasteiger partial charge is 0.168 e. The van der Waals surface area contributed by atoms with E-state index in [4.69, 9.17) is 0 Å². The number of pyridine rings is 1. The van der Waals surface area contributed by atoms with E-state index < -0.39 is 0 Å². The topological polar surface area (TPSA) is 33.2 Å². The molecular formula is C14H18N2O. The average molecular weight is 230 g/mol. The molecule has 17 heavy (non-hydrogen) atoms. The number of aldehydes is 1. The van der Waals surface area contributed by atoms with Crippen LogP contribution in [0, 0.1) is 0 Å². The van der Waals surface area contributed by atoms with Gasteiger partial charge in [0, 0.05) is 6.54 Å². The summed E-state index contributed by atoms with van der Waals surface area (Å²) in [6.07, 6.45) is 4.66. The van der Waals surface area contributed by atoms with Gasteiger partial charge in [0.1, 0.15) is 5.69 Å². The summed E-state index contributed by atoms with van der Waals surface area (Å²) in [7, 11) is 0. The Morgan fingerprint density at radius 3 is 2.82 bits per heavy atom. The van der Waals surface area contributed by atoms with E-state index >= 15 is 0 Å². The van der Waals surface area contributed by atoms with Gasteiger partial charge in [-0.1, -0.05) is 19.1 Å². The Balaban J connectivity index is 2.00. The molecule has 3 heteroatoms. The molecule has 3 nitrogen and oxygen atoms in total. The fourth-order valence-corrected chi connectivity index (χ4v) is 2.18. The molecule has 0 bridgehead atoms. The number of likely N-dealkylation sites (tertiary alicyclic amines) is 1. The molecule has 0 N–H and O–H groups in total. The maximum Gasteiger partial charge on any atom is 0.168 e. The lowest BCUT2D eigenvalue weighted by Crippen LogP contribution is -2.31. The van der Waals surface area contributed by atoms with E-state index in [-0.39, 0.29) is 0 Å². The number of aromatic nitrogens is 1. The summed E-state index contributed by atoms with van der Waals surface area (Å²) in [6, 6.07) is 5.48. The first-order valence-electron chi connectivity index (χ1n) is 6.12. The van der Waals surface area contributed by atoms with Crippen LogP contribution in [0.4, 0.5) is 0 Å². The van der Waals surface area contributed by atoms with Gasteiger partial charge >= 0.3 is 0 Å². The van der Waals surface area contributed by atoms with Crippen LogP contribution in [0.25, 0.3) is 5.57 Å². The minimum atomic E-state index is 0.474. The van der Waals surface area contributed by atoms with E-state index in [0.29, 0.717) is 5.69 Å². The van der Waals surface area contributed by atoms with E-state index in [2.05, 4.69) is 16.5 Å². The number of hydrogen-bond acceptors (Lipinski definition) is 3. The van der Waals surface area contributed by atoms with E-state index in [1.165, 1.54) is 19.3 Å². The van der Waals surface area contributed by atoms with Crippen molar-refractivity contribution >= 4 is 11.9 Å². The normalized spacial score (nSPS) is 16.7. The van der Waals surface area contributed by atoms with Gasteiger partial charge in [-0.2, -0.15) is 0 Å². The van der Waals surface area contributed by atoms with E-state index in [1.807, 2.05) is 12.1 Å². The molecule has 1 aromatic rings. The third-order valence-electron chi connectivity index (χ3n) is 3.12. The predicted molar refractivity (Wildman–Crippen MR) is 68.9 cm³/mol. The number of nitrogens with zero attached hydrogens (tertiary/aromatic N) is 2. The first-order chi connectivity index (χ1) is 8.29. The molecule has 90 valence electrons. The van der Waals surface area contributed by atoms with Crippen LogP contribution >= 0.6 is 0 Å². The summed E-state index contributed by atoms with van der Waals surface area (Å²) in [4.78, 5) is 17.3. The van der Waals surface area contributed by atoms with Crippen LogP contribution in [0.5, 0.6) is 0 Å². The highest BCUT2D eigenvalue weighted by atomic mass is 16.1. The van der Waals surface area contributed by atoms with Crippen LogP contribution in [-0.2, 0) is 0 Å². The van der Waals surface area contributed by atoms with Gasteiger partial charge in [0.25, 0.3) is 0 Å². The highest BCUT2D eigenvalue weighted by Crippen LogP contribution is 2.15. The second-order valence-corrected chi connectivity index (χ2v) is 4.51. The van der Waals surface area contributed by atoms with Gasteiger partial charge in [0.15, 0.2) is 6.29 Å². The molecular weight excluding hydrogens is 212 g/mol. The number of hydrogen-bond donors (Lipinski definition) is 0. The lowest BCUT2D eigenvalue weighted by atomic mass is 10.1. The van der Waals surface area contributed by atoms with Gasteiger partial charge in [0.2, 0.25) is 0 Å². The molecule has 0 aromatic carbocycles. The summed E-state index contributed by atoms with van der Waals surface area (Å²) in [5.41, 5.74) is 2.30. The Kier molecular flexibility index (Phi) is 4.04. The van der Waals surface area contributed by atoms with Gasteiger partial charge in [-0.15, -0.1) is 0 Å². The van der Waals surface area contributed by atoms with Crippen molar-refractivity contribution in [3.05, 3.63) is 36.2 Å². The molecule has 1 aromatic heterocycles. The highest BCUT2D eigenvalue weighted by molar-refractivity contribution is 5.73. The first-order valence-corrected chi connectivity index (χ1v) is 6.12. The van der Waals surface area contributed by atoms with Crippen LogP contribution in [0.15, 0.2) is 24.8 Å². The van der Waals surface area contributed by atoms with Crippen molar-refractivity contribution in [2.45, 2.75) is 19.3 Å². The Morgan fingerprint density at radius 2 is 2.12 bits per heavy atom.